The Bertz CT molecular complexity index is 404. The van der Waals surface area contributed by atoms with Gasteiger partial charge in [0.15, 0.2) is 11.5 Å². The van der Waals surface area contributed by atoms with Gasteiger partial charge >= 0.3 is 0 Å². The third kappa shape index (κ3) is 0.879. The van der Waals surface area contributed by atoms with Gasteiger partial charge in [-0.25, -0.2) is 0 Å². The molecule has 0 fully saturated rings. The SMILES string of the molecule is CCc1ccnn2c(C)nnc12. The van der Waals surface area contributed by atoms with Gasteiger partial charge in [-0.1, -0.05) is 6.92 Å². The van der Waals surface area contributed by atoms with Crippen LogP contribution in [0, 0.1) is 6.92 Å². The van der Waals surface area contributed by atoms with Crippen LogP contribution in [0.3, 0.4) is 0 Å². The summed E-state index contributed by atoms with van der Waals surface area (Å²) in [5.74, 6) is 0.834. The van der Waals surface area contributed by atoms with Crippen molar-refractivity contribution in [2.45, 2.75) is 20.3 Å². The van der Waals surface area contributed by atoms with Crippen molar-refractivity contribution in [3.63, 3.8) is 0 Å². The molecule has 0 N–H and O–H groups in total. The number of fused-ring (bicyclic) bond motifs is 1. The molecule has 0 aliphatic heterocycles. The van der Waals surface area contributed by atoms with Gasteiger partial charge in [-0.3, -0.25) is 0 Å². The van der Waals surface area contributed by atoms with Crippen molar-refractivity contribution in [2.24, 2.45) is 0 Å². The van der Waals surface area contributed by atoms with Crippen LogP contribution in [0.2, 0.25) is 0 Å². The minimum atomic E-state index is 0.834. The third-order valence-electron chi connectivity index (χ3n) is 1.92. The summed E-state index contributed by atoms with van der Waals surface area (Å²) in [6.07, 6.45) is 2.74. The van der Waals surface area contributed by atoms with Crippen LogP contribution in [-0.4, -0.2) is 19.8 Å². The lowest BCUT2D eigenvalue weighted by Crippen LogP contribution is -1.96. The van der Waals surface area contributed by atoms with Crippen molar-refractivity contribution in [3.05, 3.63) is 23.7 Å². The van der Waals surface area contributed by atoms with Crippen LogP contribution >= 0.6 is 0 Å². The summed E-state index contributed by atoms with van der Waals surface area (Å²) in [5.41, 5.74) is 2.06. The van der Waals surface area contributed by atoms with Gasteiger partial charge in [0.2, 0.25) is 0 Å². The maximum atomic E-state index is 4.14. The lowest BCUT2D eigenvalue weighted by Gasteiger charge is -1.97. The second-order valence-corrected chi connectivity index (χ2v) is 2.69. The molecule has 4 nitrogen and oxygen atoms in total. The van der Waals surface area contributed by atoms with Gasteiger partial charge in [-0.05, 0) is 19.4 Å². The fourth-order valence-corrected chi connectivity index (χ4v) is 1.24. The molecule has 2 aromatic heterocycles. The van der Waals surface area contributed by atoms with Crippen LogP contribution in [0.15, 0.2) is 12.3 Å². The van der Waals surface area contributed by atoms with Gasteiger partial charge in [0.25, 0.3) is 0 Å². The average Bonchev–Trinajstić information content (AvgIpc) is 2.48. The van der Waals surface area contributed by atoms with Crippen LogP contribution in [0.5, 0.6) is 0 Å². The normalized spacial score (nSPS) is 10.8. The molecule has 0 radical (unpaired) electrons. The predicted octanol–water partition coefficient (Wildman–Crippen LogP) is 0.995. The van der Waals surface area contributed by atoms with E-state index in [4.69, 9.17) is 0 Å². The maximum Gasteiger partial charge on any atom is 0.181 e. The molecule has 2 rings (SSSR count). The number of hydrogen-bond acceptors (Lipinski definition) is 3. The Morgan fingerprint density at radius 1 is 1.42 bits per heavy atom. The monoisotopic (exact) mass is 162 g/mol. The summed E-state index contributed by atoms with van der Waals surface area (Å²) >= 11 is 0. The standard InChI is InChI=1S/C8H10N4/c1-3-7-4-5-9-12-6(2)10-11-8(7)12/h4-5H,3H2,1-2H3. The van der Waals surface area contributed by atoms with Crippen LogP contribution < -0.4 is 0 Å². The van der Waals surface area contributed by atoms with Gasteiger partial charge in [0.05, 0.1) is 0 Å². The lowest BCUT2D eigenvalue weighted by molar-refractivity contribution is 0.865. The van der Waals surface area contributed by atoms with Gasteiger partial charge < -0.3 is 0 Å². The van der Waals surface area contributed by atoms with E-state index in [-0.39, 0.29) is 0 Å². The molecule has 0 aromatic carbocycles. The highest BCUT2D eigenvalue weighted by atomic mass is 15.4. The highest BCUT2D eigenvalue weighted by molar-refractivity contribution is 5.45. The minimum Gasteiger partial charge on any atom is -0.197 e. The first-order valence-corrected chi connectivity index (χ1v) is 3.99. The van der Waals surface area contributed by atoms with Crippen molar-refractivity contribution in [2.75, 3.05) is 0 Å². The highest BCUT2D eigenvalue weighted by Gasteiger charge is 2.04. The van der Waals surface area contributed by atoms with E-state index in [1.807, 2.05) is 13.0 Å². The molecule has 0 aliphatic carbocycles. The number of aryl methyl sites for hydroxylation is 2. The zero-order valence-corrected chi connectivity index (χ0v) is 7.15. The molecule has 12 heavy (non-hydrogen) atoms. The Balaban J connectivity index is 2.81. The van der Waals surface area contributed by atoms with E-state index in [0.717, 1.165) is 17.9 Å². The fourth-order valence-electron chi connectivity index (χ4n) is 1.24. The molecule has 0 amide bonds. The van der Waals surface area contributed by atoms with E-state index in [2.05, 4.69) is 22.2 Å². The smallest absolute Gasteiger partial charge is 0.181 e. The molecule has 2 heterocycles. The summed E-state index contributed by atoms with van der Waals surface area (Å²) < 4.78 is 1.76. The van der Waals surface area contributed by atoms with Crippen LogP contribution in [0.25, 0.3) is 5.65 Å². The Kier molecular flexibility index (Phi) is 1.53. The molecule has 2 aromatic rings. The first-order chi connectivity index (χ1) is 5.83. The van der Waals surface area contributed by atoms with Gasteiger partial charge in [-0.2, -0.15) is 9.61 Å². The topological polar surface area (TPSA) is 43.1 Å². The van der Waals surface area contributed by atoms with Crippen molar-refractivity contribution in [1.29, 1.82) is 0 Å². The zero-order chi connectivity index (χ0) is 8.55. The van der Waals surface area contributed by atoms with Crippen molar-refractivity contribution >= 4 is 5.65 Å². The van der Waals surface area contributed by atoms with Gasteiger partial charge in [0.1, 0.15) is 0 Å². The fraction of sp³-hybridized carbons (Fsp3) is 0.375. The largest absolute Gasteiger partial charge is 0.197 e. The first kappa shape index (κ1) is 7.21. The average molecular weight is 162 g/mol. The summed E-state index contributed by atoms with van der Waals surface area (Å²) in [6, 6.07) is 1.98. The molecule has 0 bridgehead atoms. The van der Waals surface area contributed by atoms with Gasteiger partial charge in [0, 0.05) is 11.8 Å². The summed E-state index contributed by atoms with van der Waals surface area (Å²) in [4.78, 5) is 0. The Morgan fingerprint density at radius 2 is 2.25 bits per heavy atom. The highest BCUT2D eigenvalue weighted by Crippen LogP contribution is 2.07. The van der Waals surface area contributed by atoms with E-state index in [0.29, 0.717) is 0 Å². The third-order valence-corrected chi connectivity index (χ3v) is 1.92. The molecule has 0 saturated heterocycles. The summed E-state index contributed by atoms with van der Waals surface area (Å²) in [5, 5.41) is 12.1. The van der Waals surface area contributed by atoms with E-state index < -0.39 is 0 Å². The molecule has 0 spiro atoms. The van der Waals surface area contributed by atoms with Crippen LogP contribution in [-0.2, 0) is 6.42 Å². The number of aromatic nitrogens is 4. The Labute approximate surface area is 70.2 Å². The predicted molar refractivity (Wildman–Crippen MR) is 44.9 cm³/mol. The number of hydrogen-bond donors (Lipinski definition) is 0. The summed E-state index contributed by atoms with van der Waals surface area (Å²) in [6.45, 7) is 3.99. The van der Waals surface area contributed by atoms with Crippen molar-refractivity contribution in [1.82, 2.24) is 19.8 Å². The quantitative estimate of drug-likeness (QED) is 0.628. The van der Waals surface area contributed by atoms with E-state index in [1.165, 1.54) is 5.56 Å². The number of rotatable bonds is 1. The van der Waals surface area contributed by atoms with Crippen LogP contribution in [0.4, 0.5) is 0 Å². The van der Waals surface area contributed by atoms with E-state index >= 15 is 0 Å². The Morgan fingerprint density at radius 3 is 3.00 bits per heavy atom. The van der Waals surface area contributed by atoms with E-state index in [1.54, 1.807) is 10.7 Å². The lowest BCUT2D eigenvalue weighted by atomic mass is 10.2. The molecule has 0 saturated carbocycles. The second kappa shape index (κ2) is 2.55. The van der Waals surface area contributed by atoms with Crippen molar-refractivity contribution < 1.29 is 0 Å². The second-order valence-electron chi connectivity index (χ2n) is 2.69. The van der Waals surface area contributed by atoms with Crippen LogP contribution in [0.1, 0.15) is 18.3 Å². The molecule has 4 heteroatoms. The maximum absolute atomic E-state index is 4.14. The molecule has 0 atom stereocenters. The van der Waals surface area contributed by atoms with Gasteiger partial charge in [-0.15, -0.1) is 10.2 Å². The molecular weight excluding hydrogens is 152 g/mol. The molecule has 62 valence electrons. The molecule has 0 aliphatic rings. The van der Waals surface area contributed by atoms with Crippen molar-refractivity contribution in [3.8, 4) is 0 Å². The molecule has 0 unspecified atom stereocenters. The summed E-state index contributed by atoms with van der Waals surface area (Å²) in [7, 11) is 0. The number of nitrogens with zero attached hydrogens (tertiary/aromatic N) is 4. The minimum absolute atomic E-state index is 0.834. The van der Waals surface area contributed by atoms with E-state index in [9.17, 15) is 0 Å². The first-order valence-electron chi connectivity index (χ1n) is 3.99. The molecular formula is C8H10N4. The Hall–Kier alpha value is -1.45. The zero-order valence-electron chi connectivity index (χ0n) is 7.15.